The summed E-state index contributed by atoms with van der Waals surface area (Å²) in [7, 11) is 0. The Hall–Kier alpha value is -0.0800. The van der Waals surface area contributed by atoms with E-state index >= 15 is 0 Å². The van der Waals surface area contributed by atoms with Gasteiger partial charge in [-0.1, -0.05) is 13.8 Å². The van der Waals surface area contributed by atoms with Crippen molar-refractivity contribution in [1.29, 1.82) is 0 Å². The Balaban J connectivity index is 2.52. The van der Waals surface area contributed by atoms with Crippen molar-refractivity contribution in [2.45, 2.75) is 38.7 Å². The zero-order chi connectivity index (χ0) is 8.32. The molecule has 0 bridgehead atoms. The summed E-state index contributed by atoms with van der Waals surface area (Å²) in [5, 5.41) is 13.4. The second-order valence-electron chi connectivity index (χ2n) is 3.86. The molecule has 0 amide bonds. The molecule has 1 atom stereocenters. The van der Waals surface area contributed by atoms with Gasteiger partial charge in [0.25, 0.3) is 0 Å². The summed E-state index contributed by atoms with van der Waals surface area (Å²) in [6.07, 6.45) is 2.97. The molecule has 0 aromatic carbocycles. The van der Waals surface area contributed by atoms with Gasteiger partial charge in [-0.2, -0.15) is 0 Å². The summed E-state index contributed by atoms with van der Waals surface area (Å²) in [4.78, 5) is 0. The second-order valence-corrected chi connectivity index (χ2v) is 3.86. The van der Waals surface area contributed by atoms with Crippen molar-refractivity contribution in [3.05, 3.63) is 0 Å². The lowest BCUT2D eigenvalue weighted by molar-refractivity contribution is -0.0158. The van der Waals surface area contributed by atoms with Crippen LogP contribution in [0.4, 0.5) is 0 Å². The van der Waals surface area contributed by atoms with Crippen LogP contribution in [0.15, 0.2) is 0 Å². The van der Waals surface area contributed by atoms with Crippen LogP contribution in [0.5, 0.6) is 0 Å². The van der Waals surface area contributed by atoms with Gasteiger partial charge in [-0.25, -0.2) is 0 Å². The van der Waals surface area contributed by atoms with Gasteiger partial charge in [0.05, 0.1) is 5.60 Å². The largest absolute Gasteiger partial charge is 0.390 e. The summed E-state index contributed by atoms with van der Waals surface area (Å²) >= 11 is 0. The Morgan fingerprint density at radius 1 is 1.27 bits per heavy atom. The molecule has 66 valence electrons. The SMILES string of the molecule is CC(C)C1(O)CCCNCC1. The van der Waals surface area contributed by atoms with Crippen molar-refractivity contribution in [2.75, 3.05) is 13.1 Å². The lowest BCUT2D eigenvalue weighted by Crippen LogP contribution is -2.35. The van der Waals surface area contributed by atoms with E-state index in [-0.39, 0.29) is 0 Å². The number of hydrogen-bond acceptors (Lipinski definition) is 2. The van der Waals surface area contributed by atoms with Crippen LogP contribution in [0, 0.1) is 5.92 Å². The molecule has 2 N–H and O–H groups in total. The van der Waals surface area contributed by atoms with E-state index in [1.807, 2.05) is 0 Å². The first-order chi connectivity index (χ1) is 5.15. The molecule has 1 saturated heterocycles. The van der Waals surface area contributed by atoms with Gasteiger partial charge in [-0.05, 0) is 38.3 Å². The minimum Gasteiger partial charge on any atom is -0.390 e. The molecular formula is C9H19NO. The summed E-state index contributed by atoms with van der Waals surface area (Å²) < 4.78 is 0. The minimum absolute atomic E-state index is 0.391. The van der Waals surface area contributed by atoms with Gasteiger partial charge in [0.15, 0.2) is 0 Å². The first-order valence-corrected chi connectivity index (χ1v) is 4.58. The van der Waals surface area contributed by atoms with Crippen molar-refractivity contribution >= 4 is 0 Å². The third-order valence-corrected chi connectivity index (χ3v) is 2.77. The van der Waals surface area contributed by atoms with E-state index in [2.05, 4.69) is 19.2 Å². The van der Waals surface area contributed by atoms with Crippen LogP contribution in [0.2, 0.25) is 0 Å². The summed E-state index contributed by atoms with van der Waals surface area (Å²) in [6, 6.07) is 0. The Bertz CT molecular complexity index is 115. The van der Waals surface area contributed by atoms with Gasteiger partial charge in [0, 0.05) is 0 Å². The summed E-state index contributed by atoms with van der Waals surface area (Å²) in [6.45, 7) is 6.24. The quantitative estimate of drug-likeness (QED) is 0.598. The smallest absolute Gasteiger partial charge is 0.0683 e. The molecule has 0 saturated carbocycles. The number of aliphatic hydroxyl groups is 1. The number of hydrogen-bond donors (Lipinski definition) is 2. The standard InChI is InChI=1S/C9H19NO/c1-8(2)9(11)4-3-6-10-7-5-9/h8,10-11H,3-7H2,1-2H3. The normalized spacial score (nSPS) is 33.8. The average Bonchev–Trinajstić information content (AvgIpc) is 2.15. The predicted octanol–water partition coefficient (Wildman–Crippen LogP) is 1.15. The van der Waals surface area contributed by atoms with E-state index in [0.29, 0.717) is 5.92 Å². The van der Waals surface area contributed by atoms with Gasteiger partial charge < -0.3 is 10.4 Å². The highest BCUT2D eigenvalue weighted by atomic mass is 16.3. The molecular weight excluding hydrogens is 138 g/mol. The van der Waals surface area contributed by atoms with Crippen LogP contribution in [0.1, 0.15) is 33.1 Å². The Labute approximate surface area is 69.0 Å². The van der Waals surface area contributed by atoms with Crippen LogP contribution < -0.4 is 5.32 Å². The topological polar surface area (TPSA) is 32.3 Å². The van der Waals surface area contributed by atoms with Gasteiger partial charge >= 0.3 is 0 Å². The zero-order valence-corrected chi connectivity index (χ0v) is 7.56. The molecule has 1 aliphatic heterocycles. The molecule has 1 fully saturated rings. The Kier molecular flexibility index (Phi) is 2.90. The second kappa shape index (κ2) is 3.55. The molecule has 1 heterocycles. The van der Waals surface area contributed by atoms with Gasteiger partial charge in [0.2, 0.25) is 0 Å². The summed E-state index contributed by atoms with van der Waals surface area (Å²) in [5.41, 5.74) is -0.399. The van der Waals surface area contributed by atoms with Crippen LogP contribution >= 0.6 is 0 Å². The van der Waals surface area contributed by atoms with E-state index < -0.39 is 5.60 Å². The van der Waals surface area contributed by atoms with E-state index in [0.717, 1.165) is 32.4 Å². The lowest BCUT2D eigenvalue weighted by atomic mass is 9.84. The molecule has 1 aliphatic rings. The molecule has 1 unspecified atom stereocenters. The summed E-state index contributed by atoms with van der Waals surface area (Å²) in [5.74, 6) is 0.391. The van der Waals surface area contributed by atoms with E-state index in [1.165, 1.54) is 0 Å². The third-order valence-electron chi connectivity index (χ3n) is 2.77. The maximum Gasteiger partial charge on any atom is 0.0683 e. The van der Waals surface area contributed by atoms with Crippen LogP contribution in [0.25, 0.3) is 0 Å². The molecule has 0 aliphatic carbocycles. The fourth-order valence-electron chi connectivity index (χ4n) is 1.65. The monoisotopic (exact) mass is 157 g/mol. The fraction of sp³-hybridized carbons (Fsp3) is 1.00. The lowest BCUT2D eigenvalue weighted by Gasteiger charge is -2.30. The van der Waals surface area contributed by atoms with Crippen molar-refractivity contribution in [3.63, 3.8) is 0 Å². The fourth-order valence-corrected chi connectivity index (χ4v) is 1.65. The van der Waals surface area contributed by atoms with E-state index in [9.17, 15) is 5.11 Å². The van der Waals surface area contributed by atoms with Crippen LogP contribution in [-0.2, 0) is 0 Å². The molecule has 0 aromatic heterocycles. The molecule has 2 heteroatoms. The first-order valence-electron chi connectivity index (χ1n) is 4.58. The molecule has 0 aromatic rings. The van der Waals surface area contributed by atoms with Crippen molar-refractivity contribution in [1.82, 2.24) is 5.32 Å². The predicted molar refractivity (Wildman–Crippen MR) is 46.5 cm³/mol. The molecule has 0 spiro atoms. The minimum atomic E-state index is -0.399. The molecule has 11 heavy (non-hydrogen) atoms. The maximum absolute atomic E-state index is 10.1. The highest BCUT2D eigenvalue weighted by Crippen LogP contribution is 2.27. The van der Waals surface area contributed by atoms with Gasteiger partial charge in [0.1, 0.15) is 0 Å². The number of nitrogens with one attached hydrogen (secondary N) is 1. The van der Waals surface area contributed by atoms with Gasteiger partial charge in [-0.3, -0.25) is 0 Å². The van der Waals surface area contributed by atoms with Crippen LogP contribution in [-0.4, -0.2) is 23.8 Å². The average molecular weight is 157 g/mol. The number of rotatable bonds is 1. The van der Waals surface area contributed by atoms with Crippen molar-refractivity contribution in [3.8, 4) is 0 Å². The molecule has 2 nitrogen and oxygen atoms in total. The van der Waals surface area contributed by atoms with Gasteiger partial charge in [-0.15, -0.1) is 0 Å². The Morgan fingerprint density at radius 3 is 2.64 bits per heavy atom. The molecule has 1 rings (SSSR count). The highest BCUT2D eigenvalue weighted by Gasteiger charge is 2.30. The maximum atomic E-state index is 10.1. The van der Waals surface area contributed by atoms with E-state index in [4.69, 9.17) is 0 Å². The highest BCUT2D eigenvalue weighted by molar-refractivity contribution is 4.84. The molecule has 0 radical (unpaired) electrons. The Morgan fingerprint density at radius 2 is 2.00 bits per heavy atom. The van der Waals surface area contributed by atoms with E-state index in [1.54, 1.807) is 0 Å². The van der Waals surface area contributed by atoms with Crippen molar-refractivity contribution in [2.24, 2.45) is 5.92 Å². The first kappa shape index (κ1) is 9.01. The zero-order valence-electron chi connectivity index (χ0n) is 7.56. The van der Waals surface area contributed by atoms with Crippen molar-refractivity contribution < 1.29 is 5.11 Å². The third kappa shape index (κ3) is 2.17. The van der Waals surface area contributed by atoms with Crippen LogP contribution in [0.3, 0.4) is 0 Å².